The van der Waals surface area contributed by atoms with E-state index >= 15 is 0 Å². The second kappa shape index (κ2) is 9.89. The van der Waals surface area contributed by atoms with Gasteiger partial charge in [-0.2, -0.15) is 0 Å². The van der Waals surface area contributed by atoms with Crippen LogP contribution in [0.3, 0.4) is 0 Å². The molecule has 0 saturated carbocycles. The highest BCUT2D eigenvalue weighted by atomic mass is 31.2. The maximum absolute atomic E-state index is 14.0. The monoisotopic (exact) mass is 454 g/mol. The molecule has 3 aromatic rings. The maximum atomic E-state index is 14.0. The molecule has 0 saturated heterocycles. The van der Waals surface area contributed by atoms with Crippen molar-refractivity contribution >= 4 is 29.1 Å². The fraction of sp³-hybridized carbons (Fsp3) is 0.233. The lowest BCUT2D eigenvalue weighted by Gasteiger charge is -2.36. The van der Waals surface area contributed by atoms with Gasteiger partial charge >= 0.3 is 0 Å². The maximum Gasteiger partial charge on any atom is 0.254 e. The van der Waals surface area contributed by atoms with Crippen LogP contribution in [0.2, 0.25) is 0 Å². The van der Waals surface area contributed by atoms with Crippen LogP contribution in [0.4, 0.5) is 0 Å². The van der Waals surface area contributed by atoms with Crippen LogP contribution in [-0.4, -0.2) is 28.5 Å². The van der Waals surface area contributed by atoms with Crippen LogP contribution in [0, 0.1) is 0 Å². The molecule has 1 atom stereocenters. The van der Waals surface area contributed by atoms with Gasteiger partial charge in [-0.3, -0.25) is 4.79 Å². The normalized spacial score (nSPS) is 15.7. The van der Waals surface area contributed by atoms with E-state index in [1.165, 1.54) is 15.9 Å². The SMILES string of the molecule is CC(C)N(C(=O)C1=CC=C[C@@H]1[P+](c1ccccc1)(c1ccccc1)c1ccccc1)C(C)C. The molecular formula is C30H33NOP+. The third-order valence-corrected chi connectivity index (χ3v) is 11.0. The van der Waals surface area contributed by atoms with Crippen LogP contribution in [0.25, 0.3) is 0 Å². The van der Waals surface area contributed by atoms with Crippen LogP contribution in [0.1, 0.15) is 27.7 Å². The Bertz CT molecular complexity index is 1030. The number of amides is 1. The van der Waals surface area contributed by atoms with Gasteiger partial charge in [-0.15, -0.1) is 0 Å². The van der Waals surface area contributed by atoms with E-state index in [1.54, 1.807) is 0 Å². The van der Waals surface area contributed by atoms with Crippen molar-refractivity contribution in [2.24, 2.45) is 0 Å². The quantitative estimate of drug-likeness (QED) is 0.432. The van der Waals surface area contributed by atoms with E-state index in [-0.39, 0.29) is 23.6 Å². The Labute approximate surface area is 199 Å². The van der Waals surface area contributed by atoms with Crippen molar-refractivity contribution in [3.63, 3.8) is 0 Å². The zero-order valence-corrected chi connectivity index (χ0v) is 20.8. The molecular weight excluding hydrogens is 421 g/mol. The van der Waals surface area contributed by atoms with E-state index in [9.17, 15) is 4.79 Å². The van der Waals surface area contributed by atoms with E-state index in [1.807, 2.05) is 11.0 Å². The second-order valence-electron chi connectivity index (χ2n) is 9.08. The first kappa shape index (κ1) is 23.2. The Hall–Kier alpha value is -2.96. The summed E-state index contributed by atoms with van der Waals surface area (Å²) >= 11 is 0. The van der Waals surface area contributed by atoms with Gasteiger partial charge < -0.3 is 4.90 Å². The van der Waals surface area contributed by atoms with Crippen molar-refractivity contribution < 1.29 is 4.79 Å². The lowest BCUT2D eigenvalue weighted by atomic mass is 10.1. The van der Waals surface area contributed by atoms with Crippen LogP contribution >= 0.6 is 7.26 Å². The van der Waals surface area contributed by atoms with E-state index in [0.29, 0.717) is 0 Å². The Balaban J connectivity index is 1.99. The predicted molar refractivity (Wildman–Crippen MR) is 143 cm³/mol. The van der Waals surface area contributed by atoms with Crippen molar-refractivity contribution in [1.29, 1.82) is 0 Å². The van der Waals surface area contributed by atoms with Gasteiger partial charge in [0.25, 0.3) is 5.91 Å². The first-order valence-corrected chi connectivity index (χ1v) is 13.6. The summed E-state index contributed by atoms with van der Waals surface area (Å²) in [6.45, 7) is 8.40. The van der Waals surface area contributed by atoms with Gasteiger partial charge in [-0.05, 0) is 76.2 Å². The molecule has 0 spiro atoms. The molecule has 168 valence electrons. The molecule has 0 aromatic heterocycles. The van der Waals surface area contributed by atoms with Gasteiger partial charge in [0, 0.05) is 12.1 Å². The minimum atomic E-state index is -2.21. The summed E-state index contributed by atoms with van der Waals surface area (Å²) in [7, 11) is -2.21. The third kappa shape index (κ3) is 4.21. The van der Waals surface area contributed by atoms with Crippen LogP contribution in [0.15, 0.2) is 115 Å². The molecule has 2 nitrogen and oxygen atoms in total. The van der Waals surface area contributed by atoms with Crippen LogP contribution < -0.4 is 15.9 Å². The average Bonchev–Trinajstić information content (AvgIpc) is 3.31. The number of carbonyl (C=O) groups is 1. The molecule has 3 heteroatoms. The zero-order valence-electron chi connectivity index (χ0n) is 19.9. The number of allylic oxidation sites excluding steroid dienone is 3. The number of benzene rings is 3. The summed E-state index contributed by atoms with van der Waals surface area (Å²) in [5, 5.41) is 3.87. The molecule has 0 heterocycles. The molecule has 4 rings (SSSR count). The van der Waals surface area contributed by atoms with Gasteiger partial charge in [0.05, 0.1) is 5.57 Å². The topological polar surface area (TPSA) is 20.3 Å². The molecule has 1 aliphatic rings. The molecule has 3 aromatic carbocycles. The molecule has 33 heavy (non-hydrogen) atoms. The fourth-order valence-electron chi connectivity index (χ4n) is 5.14. The van der Waals surface area contributed by atoms with E-state index in [4.69, 9.17) is 0 Å². The lowest BCUT2D eigenvalue weighted by Crippen LogP contribution is -2.46. The van der Waals surface area contributed by atoms with Crippen LogP contribution in [0.5, 0.6) is 0 Å². The number of carbonyl (C=O) groups excluding carboxylic acids is 1. The van der Waals surface area contributed by atoms with Gasteiger partial charge in [-0.1, -0.05) is 60.7 Å². The number of hydrogen-bond donors (Lipinski definition) is 0. The number of rotatable bonds is 7. The summed E-state index contributed by atoms with van der Waals surface area (Å²) in [5.74, 6) is 0.141. The zero-order chi connectivity index (χ0) is 23.4. The molecule has 0 fully saturated rings. The molecule has 0 radical (unpaired) electrons. The Kier molecular flexibility index (Phi) is 6.96. The first-order valence-electron chi connectivity index (χ1n) is 11.7. The summed E-state index contributed by atoms with van der Waals surface area (Å²) < 4.78 is 0. The predicted octanol–water partition coefficient (Wildman–Crippen LogP) is 5.49. The fourth-order valence-corrected chi connectivity index (χ4v) is 9.89. The highest BCUT2D eigenvalue weighted by molar-refractivity contribution is 7.96. The largest absolute Gasteiger partial charge is 0.334 e. The molecule has 1 amide bonds. The standard InChI is InChI=1S/C30H33NOP/c1-23(2)31(24(3)4)30(32)28-21-14-22-29(28)33(25-15-8-5-9-16-25,26-17-10-6-11-18-26)27-19-12-7-13-20-27/h5-24,29H,1-4H3/q+1/t29-/m0/s1. The second-order valence-corrected chi connectivity index (χ2v) is 12.6. The molecule has 0 bridgehead atoms. The van der Waals surface area contributed by atoms with Crippen LogP contribution in [-0.2, 0) is 4.79 Å². The summed E-state index contributed by atoms with van der Waals surface area (Å²) in [5.41, 5.74) is 0.875. The van der Waals surface area contributed by atoms with E-state index < -0.39 is 7.26 Å². The minimum Gasteiger partial charge on any atom is -0.334 e. The Morgan fingerprint density at radius 3 is 1.45 bits per heavy atom. The lowest BCUT2D eigenvalue weighted by molar-refractivity contribution is -0.130. The number of hydrogen-bond acceptors (Lipinski definition) is 1. The van der Waals surface area contributed by atoms with Crippen molar-refractivity contribution in [1.82, 2.24) is 4.90 Å². The van der Waals surface area contributed by atoms with Gasteiger partial charge in [0.15, 0.2) is 0 Å². The third-order valence-electron chi connectivity index (χ3n) is 6.39. The Morgan fingerprint density at radius 1 is 0.697 bits per heavy atom. The minimum absolute atomic E-state index is 0.0165. The molecule has 0 N–H and O–H groups in total. The average molecular weight is 455 g/mol. The van der Waals surface area contributed by atoms with Gasteiger partial charge in [-0.25, -0.2) is 0 Å². The summed E-state index contributed by atoms with van der Waals surface area (Å²) in [4.78, 5) is 16.0. The van der Waals surface area contributed by atoms with Crippen molar-refractivity contribution in [3.05, 3.63) is 115 Å². The molecule has 1 aliphatic carbocycles. The summed E-state index contributed by atoms with van der Waals surface area (Å²) in [6, 6.07) is 32.6. The molecule has 0 aliphatic heterocycles. The highest BCUT2D eigenvalue weighted by Gasteiger charge is 2.55. The van der Waals surface area contributed by atoms with Crippen molar-refractivity contribution in [2.75, 3.05) is 0 Å². The first-order chi connectivity index (χ1) is 16.0. The summed E-state index contributed by atoms with van der Waals surface area (Å²) in [6.07, 6.45) is 6.39. The van der Waals surface area contributed by atoms with Crippen molar-refractivity contribution in [2.45, 2.75) is 45.4 Å². The van der Waals surface area contributed by atoms with Crippen molar-refractivity contribution in [3.8, 4) is 0 Å². The van der Waals surface area contributed by atoms with Gasteiger partial charge in [0.2, 0.25) is 0 Å². The van der Waals surface area contributed by atoms with E-state index in [0.717, 1.165) is 5.57 Å². The highest BCUT2D eigenvalue weighted by Crippen LogP contribution is 2.63. The Morgan fingerprint density at radius 2 is 1.09 bits per heavy atom. The molecule has 0 unspecified atom stereocenters. The smallest absolute Gasteiger partial charge is 0.254 e. The van der Waals surface area contributed by atoms with Gasteiger partial charge in [0.1, 0.15) is 28.8 Å². The number of nitrogens with zero attached hydrogens (tertiary/aromatic N) is 1. The van der Waals surface area contributed by atoms with E-state index in [2.05, 4.69) is 131 Å².